The number of aryl methyl sites for hydroxylation is 2. The van der Waals surface area contributed by atoms with Crippen molar-refractivity contribution in [2.75, 3.05) is 19.0 Å². The third-order valence-corrected chi connectivity index (χ3v) is 3.96. The summed E-state index contributed by atoms with van der Waals surface area (Å²) in [7, 11) is 3.82. The molecule has 0 radical (unpaired) electrons. The van der Waals surface area contributed by atoms with Crippen molar-refractivity contribution in [3.8, 4) is 11.3 Å². The number of aromatic nitrogens is 4. The number of hydrogen-bond donors (Lipinski definition) is 1. The second-order valence-corrected chi connectivity index (χ2v) is 6.50. The van der Waals surface area contributed by atoms with Crippen molar-refractivity contribution < 1.29 is 4.79 Å². The van der Waals surface area contributed by atoms with Crippen molar-refractivity contribution in [2.24, 2.45) is 0 Å². The van der Waals surface area contributed by atoms with Crippen LogP contribution in [0.1, 0.15) is 27.6 Å². The molecule has 0 unspecified atom stereocenters. The van der Waals surface area contributed by atoms with Crippen LogP contribution in [0.3, 0.4) is 0 Å². The highest BCUT2D eigenvalue weighted by atomic mass is 16.1. The molecule has 0 saturated heterocycles. The van der Waals surface area contributed by atoms with Gasteiger partial charge in [0.25, 0.3) is 5.91 Å². The standard InChI is InChI=1S/C20H22N6O/c1-13-10-14(2)23-18(22-13)12-21-20(27)16-7-5-6-15(11-16)17-8-9-19(25-24-17)26(3)4/h5-11H,12H2,1-4H3,(H,21,27). The Morgan fingerprint density at radius 1 is 1.00 bits per heavy atom. The van der Waals surface area contributed by atoms with Gasteiger partial charge in [0.15, 0.2) is 5.82 Å². The van der Waals surface area contributed by atoms with Crippen LogP contribution in [0.25, 0.3) is 11.3 Å². The van der Waals surface area contributed by atoms with Crippen molar-refractivity contribution in [1.29, 1.82) is 0 Å². The third kappa shape index (κ3) is 4.63. The van der Waals surface area contributed by atoms with Crippen molar-refractivity contribution >= 4 is 11.7 Å². The van der Waals surface area contributed by atoms with E-state index in [2.05, 4.69) is 25.5 Å². The predicted octanol–water partition coefficient (Wildman–Crippen LogP) is 2.55. The van der Waals surface area contributed by atoms with Crippen LogP contribution in [-0.2, 0) is 6.54 Å². The summed E-state index contributed by atoms with van der Waals surface area (Å²) in [4.78, 5) is 23.1. The molecule has 0 spiro atoms. The van der Waals surface area contributed by atoms with E-state index in [1.807, 2.05) is 63.2 Å². The maximum absolute atomic E-state index is 12.5. The maximum Gasteiger partial charge on any atom is 0.251 e. The van der Waals surface area contributed by atoms with Crippen LogP contribution in [0, 0.1) is 13.8 Å². The first-order valence-corrected chi connectivity index (χ1v) is 8.63. The largest absolute Gasteiger partial charge is 0.361 e. The molecule has 0 fully saturated rings. The number of nitrogens with one attached hydrogen (secondary N) is 1. The minimum Gasteiger partial charge on any atom is -0.361 e. The topological polar surface area (TPSA) is 83.9 Å². The SMILES string of the molecule is Cc1cc(C)nc(CNC(=O)c2cccc(-c3ccc(N(C)C)nn3)c2)n1. The molecule has 0 atom stereocenters. The monoisotopic (exact) mass is 362 g/mol. The van der Waals surface area contributed by atoms with Gasteiger partial charge in [-0.05, 0) is 44.2 Å². The Hall–Kier alpha value is -3.35. The molecule has 2 aromatic heterocycles. The van der Waals surface area contributed by atoms with E-state index >= 15 is 0 Å². The molecule has 7 heteroatoms. The molecule has 1 amide bonds. The normalized spacial score (nSPS) is 10.5. The van der Waals surface area contributed by atoms with E-state index in [4.69, 9.17) is 0 Å². The van der Waals surface area contributed by atoms with Crippen LogP contribution in [0.5, 0.6) is 0 Å². The lowest BCUT2D eigenvalue weighted by atomic mass is 10.1. The van der Waals surface area contributed by atoms with E-state index in [-0.39, 0.29) is 12.5 Å². The number of benzene rings is 1. The molecule has 0 bridgehead atoms. The van der Waals surface area contributed by atoms with Crippen molar-refractivity contribution in [3.05, 3.63) is 65.2 Å². The Labute approximate surface area is 158 Å². The molecule has 0 saturated carbocycles. The number of nitrogens with zero attached hydrogens (tertiary/aromatic N) is 5. The average Bonchev–Trinajstić information content (AvgIpc) is 2.65. The first kappa shape index (κ1) is 18.4. The summed E-state index contributed by atoms with van der Waals surface area (Å²) < 4.78 is 0. The molecule has 0 aliphatic carbocycles. The molecule has 138 valence electrons. The summed E-state index contributed by atoms with van der Waals surface area (Å²) in [5, 5.41) is 11.3. The highest BCUT2D eigenvalue weighted by molar-refractivity contribution is 5.95. The smallest absolute Gasteiger partial charge is 0.251 e. The molecule has 3 aromatic rings. The van der Waals surface area contributed by atoms with Gasteiger partial charge < -0.3 is 10.2 Å². The van der Waals surface area contributed by atoms with Gasteiger partial charge in [-0.15, -0.1) is 10.2 Å². The van der Waals surface area contributed by atoms with Crippen LogP contribution in [-0.4, -0.2) is 40.2 Å². The summed E-state index contributed by atoms with van der Waals surface area (Å²) in [5.41, 5.74) is 3.87. The lowest BCUT2D eigenvalue weighted by Gasteiger charge is -2.10. The molecule has 27 heavy (non-hydrogen) atoms. The Morgan fingerprint density at radius 2 is 1.74 bits per heavy atom. The van der Waals surface area contributed by atoms with Crippen LogP contribution in [0.2, 0.25) is 0 Å². The molecule has 1 aromatic carbocycles. The molecule has 0 aliphatic heterocycles. The van der Waals surface area contributed by atoms with E-state index in [1.54, 1.807) is 12.1 Å². The Balaban J connectivity index is 1.73. The predicted molar refractivity (Wildman–Crippen MR) is 104 cm³/mol. The average molecular weight is 362 g/mol. The third-order valence-electron chi connectivity index (χ3n) is 3.96. The number of rotatable bonds is 5. The number of carbonyl (C=O) groups excluding carboxylic acids is 1. The zero-order valence-corrected chi connectivity index (χ0v) is 15.9. The zero-order valence-electron chi connectivity index (χ0n) is 15.9. The van der Waals surface area contributed by atoms with E-state index in [0.717, 1.165) is 22.8 Å². The highest BCUT2D eigenvalue weighted by Crippen LogP contribution is 2.19. The van der Waals surface area contributed by atoms with Crippen molar-refractivity contribution in [3.63, 3.8) is 0 Å². The second-order valence-electron chi connectivity index (χ2n) is 6.50. The van der Waals surface area contributed by atoms with Crippen LogP contribution >= 0.6 is 0 Å². The van der Waals surface area contributed by atoms with Crippen LogP contribution < -0.4 is 10.2 Å². The van der Waals surface area contributed by atoms with Crippen LogP contribution in [0.4, 0.5) is 5.82 Å². The summed E-state index contributed by atoms with van der Waals surface area (Å²) in [6.07, 6.45) is 0. The molecular formula is C20H22N6O. The van der Waals surface area contributed by atoms with Gasteiger partial charge in [0, 0.05) is 36.6 Å². The first-order chi connectivity index (χ1) is 12.9. The maximum atomic E-state index is 12.5. The van der Waals surface area contributed by atoms with E-state index in [1.165, 1.54) is 0 Å². The molecule has 3 rings (SSSR count). The van der Waals surface area contributed by atoms with Gasteiger partial charge in [-0.1, -0.05) is 12.1 Å². The van der Waals surface area contributed by atoms with Crippen LogP contribution in [0.15, 0.2) is 42.5 Å². The summed E-state index contributed by atoms with van der Waals surface area (Å²) in [6, 6.07) is 13.0. The number of hydrogen-bond acceptors (Lipinski definition) is 6. The molecule has 1 N–H and O–H groups in total. The minimum atomic E-state index is -0.183. The zero-order chi connectivity index (χ0) is 19.4. The van der Waals surface area contributed by atoms with Gasteiger partial charge in [0.1, 0.15) is 5.82 Å². The lowest BCUT2D eigenvalue weighted by molar-refractivity contribution is 0.0950. The highest BCUT2D eigenvalue weighted by Gasteiger charge is 2.10. The summed E-state index contributed by atoms with van der Waals surface area (Å²) >= 11 is 0. The number of carbonyl (C=O) groups is 1. The lowest BCUT2D eigenvalue weighted by Crippen LogP contribution is -2.24. The quantitative estimate of drug-likeness (QED) is 0.751. The minimum absolute atomic E-state index is 0.183. The van der Waals surface area contributed by atoms with E-state index in [0.29, 0.717) is 17.1 Å². The number of anilines is 1. The number of amides is 1. The Morgan fingerprint density at radius 3 is 2.37 bits per heavy atom. The molecule has 2 heterocycles. The van der Waals surface area contributed by atoms with Gasteiger partial charge in [-0.25, -0.2) is 9.97 Å². The fourth-order valence-corrected chi connectivity index (χ4v) is 2.68. The summed E-state index contributed by atoms with van der Waals surface area (Å²) in [5.74, 6) is 1.20. The van der Waals surface area contributed by atoms with Gasteiger partial charge in [-0.2, -0.15) is 0 Å². The first-order valence-electron chi connectivity index (χ1n) is 8.63. The Bertz CT molecular complexity index is 933. The van der Waals surface area contributed by atoms with E-state index in [9.17, 15) is 4.79 Å². The van der Waals surface area contributed by atoms with Gasteiger partial charge in [0.2, 0.25) is 0 Å². The van der Waals surface area contributed by atoms with E-state index < -0.39 is 0 Å². The van der Waals surface area contributed by atoms with Gasteiger partial charge in [-0.3, -0.25) is 4.79 Å². The van der Waals surface area contributed by atoms with Crippen molar-refractivity contribution in [1.82, 2.24) is 25.5 Å². The van der Waals surface area contributed by atoms with Crippen molar-refractivity contribution in [2.45, 2.75) is 20.4 Å². The second kappa shape index (κ2) is 7.90. The fraction of sp³-hybridized carbons (Fsp3) is 0.250. The molecular weight excluding hydrogens is 340 g/mol. The Kier molecular flexibility index (Phi) is 5.40. The summed E-state index contributed by atoms with van der Waals surface area (Å²) in [6.45, 7) is 4.10. The van der Waals surface area contributed by atoms with Gasteiger partial charge in [0.05, 0.1) is 12.2 Å². The van der Waals surface area contributed by atoms with Gasteiger partial charge >= 0.3 is 0 Å². The fourth-order valence-electron chi connectivity index (χ4n) is 2.68. The molecule has 0 aliphatic rings. The molecule has 7 nitrogen and oxygen atoms in total.